The lowest BCUT2D eigenvalue weighted by Gasteiger charge is -2.19. The second-order valence-electron chi connectivity index (χ2n) is 4.88. The molecule has 114 valence electrons. The second kappa shape index (κ2) is 7.66. The van der Waals surface area contributed by atoms with Crippen LogP contribution >= 0.6 is 15.9 Å². The first-order chi connectivity index (χ1) is 10.2. The highest BCUT2D eigenvalue weighted by Crippen LogP contribution is 2.26. The largest absolute Gasteiger partial charge is 0.310 e. The summed E-state index contributed by atoms with van der Waals surface area (Å²) in [5.41, 5.74) is 1.03. The molecule has 1 aromatic heterocycles. The van der Waals surface area contributed by atoms with Crippen molar-refractivity contribution in [1.29, 1.82) is 0 Å². The van der Waals surface area contributed by atoms with Crippen molar-refractivity contribution in [2.45, 2.75) is 39.3 Å². The maximum Gasteiger partial charge on any atom is 0.138 e. The summed E-state index contributed by atoms with van der Waals surface area (Å²) in [6.45, 7) is 5.86. The Morgan fingerprint density at radius 3 is 2.86 bits per heavy atom. The maximum absolute atomic E-state index is 13.3. The van der Waals surface area contributed by atoms with Gasteiger partial charge in [-0.2, -0.15) is 5.10 Å². The van der Waals surface area contributed by atoms with E-state index in [0.29, 0.717) is 0 Å². The Bertz CT molecular complexity index is 585. The van der Waals surface area contributed by atoms with Gasteiger partial charge < -0.3 is 5.32 Å². The van der Waals surface area contributed by atoms with Gasteiger partial charge in [0.05, 0.1) is 0 Å². The summed E-state index contributed by atoms with van der Waals surface area (Å²) < 4.78 is 16.0. The van der Waals surface area contributed by atoms with Gasteiger partial charge >= 0.3 is 0 Å². The Morgan fingerprint density at radius 2 is 2.19 bits per heavy atom. The lowest BCUT2D eigenvalue weighted by atomic mass is 10.0. The minimum atomic E-state index is -0.241. The molecule has 1 heterocycles. The third-order valence-electron chi connectivity index (χ3n) is 3.31. The van der Waals surface area contributed by atoms with Crippen LogP contribution in [0.15, 0.2) is 29.0 Å². The van der Waals surface area contributed by atoms with Crippen molar-refractivity contribution in [2.75, 3.05) is 6.54 Å². The number of aryl methyl sites for hydroxylation is 1. The zero-order chi connectivity index (χ0) is 15.2. The van der Waals surface area contributed by atoms with Crippen LogP contribution in [0.4, 0.5) is 4.39 Å². The van der Waals surface area contributed by atoms with E-state index in [1.54, 1.807) is 6.33 Å². The number of likely N-dealkylation sites (N-methyl/N-ethyl adjacent to an activating group) is 1. The van der Waals surface area contributed by atoms with E-state index in [0.717, 1.165) is 41.8 Å². The highest BCUT2D eigenvalue weighted by atomic mass is 79.9. The molecule has 1 atom stereocenters. The average molecular weight is 355 g/mol. The molecule has 4 nitrogen and oxygen atoms in total. The first-order valence-corrected chi connectivity index (χ1v) is 8.00. The Labute approximate surface area is 132 Å². The van der Waals surface area contributed by atoms with E-state index in [1.165, 1.54) is 12.1 Å². The van der Waals surface area contributed by atoms with Gasteiger partial charge in [-0.25, -0.2) is 9.37 Å². The summed E-state index contributed by atoms with van der Waals surface area (Å²) >= 11 is 3.45. The summed E-state index contributed by atoms with van der Waals surface area (Å²) in [7, 11) is 0. The van der Waals surface area contributed by atoms with Gasteiger partial charge in [-0.05, 0) is 30.7 Å². The standard InChI is InChI=1S/C15H20BrFN4/c1-3-7-21-15(19-10-20-21)9-14(18-4-2)12-6-5-11(17)8-13(12)16/h5-6,8,10,14,18H,3-4,7,9H2,1-2H3. The van der Waals surface area contributed by atoms with Crippen molar-refractivity contribution in [3.8, 4) is 0 Å². The predicted molar refractivity (Wildman–Crippen MR) is 84.5 cm³/mol. The van der Waals surface area contributed by atoms with Crippen molar-refractivity contribution in [2.24, 2.45) is 0 Å². The fraction of sp³-hybridized carbons (Fsp3) is 0.467. The van der Waals surface area contributed by atoms with E-state index < -0.39 is 0 Å². The number of hydrogen-bond acceptors (Lipinski definition) is 3. The molecular weight excluding hydrogens is 335 g/mol. The molecular formula is C15H20BrFN4. The van der Waals surface area contributed by atoms with Crippen molar-refractivity contribution in [1.82, 2.24) is 20.1 Å². The average Bonchev–Trinajstić information content (AvgIpc) is 2.86. The molecule has 1 N–H and O–H groups in total. The summed E-state index contributed by atoms with van der Waals surface area (Å²) in [5, 5.41) is 7.69. The third kappa shape index (κ3) is 4.11. The minimum Gasteiger partial charge on any atom is -0.310 e. The number of benzene rings is 1. The molecule has 0 aliphatic rings. The molecule has 1 aromatic carbocycles. The van der Waals surface area contributed by atoms with Gasteiger partial charge in [-0.15, -0.1) is 0 Å². The Hall–Kier alpha value is -1.27. The van der Waals surface area contributed by atoms with Crippen LogP contribution in [0.25, 0.3) is 0 Å². The molecule has 2 aromatic rings. The number of aromatic nitrogens is 3. The SMILES string of the molecule is CCCn1ncnc1CC(NCC)c1ccc(F)cc1Br. The molecule has 0 saturated carbocycles. The van der Waals surface area contributed by atoms with E-state index in [4.69, 9.17) is 0 Å². The van der Waals surface area contributed by atoms with Crippen molar-refractivity contribution < 1.29 is 4.39 Å². The molecule has 1 unspecified atom stereocenters. The summed E-state index contributed by atoms with van der Waals surface area (Å²) in [4.78, 5) is 4.35. The number of nitrogens with one attached hydrogen (secondary N) is 1. The predicted octanol–water partition coefficient (Wildman–Crippen LogP) is 3.48. The van der Waals surface area contributed by atoms with Gasteiger partial charge in [0.15, 0.2) is 0 Å². The molecule has 6 heteroatoms. The van der Waals surface area contributed by atoms with Gasteiger partial charge in [-0.1, -0.05) is 35.8 Å². The van der Waals surface area contributed by atoms with E-state index in [2.05, 4.69) is 45.2 Å². The van der Waals surface area contributed by atoms with Crippen molar-refractivity contribution >= 4 is 15.9 Å². The van der Waals surface area contributed by atoms with Crippen LogP contribution in [0, 0.1) is 5.82 Å². The topological polar surface area (TPSA) is 42.7 Å². The van der Waals surface area contributed by atoms with E-state index in [1.807, 2.05) is 10.7 Å². The monoisotopic (exact) mass is 354 g/mol. The molecule has 0 spiro atoms. The van der Waals surface area contributed by atoms with E-state index >= 15 is 0 Å². The third-order valence-corrected chi connectivity index (χ3v) is 3.99. The number of nitrogens with zero attached hydrogens (tertiary/aromatic N) is 3. The Morgan fingerprint density at radius 1 is 1.38 bits per heavy atom. The fourth-order valence-electron chi connectivity index (χ4n) is 2.35. The van der Waals surface area contributed by atoms with Crippen molar-refractivity contribution in [3.05, 3.63) is 46.2 Å². The molecule has 0 saturated heterocycles. The highest BCUT2D eigenvalue weighted by Gasteiger charge is 2.17. The second-order valence-corrected chi connectivity index (χ2v) is 5.73. The first-order valence-electron chi connectivity index (χ1n) is 7.20. The molecule has 0 fully saturated rings. The van der Waals surface area contributed by atoms with Crippen LogP contribution in [-0.2, 0) is 13.0 Å². The quantitative estimate of drug-likeness (QED) is 0.827. The smallest absolute Gasteiger partial charge is 0.138 e. The summed E-state index contributed by atoms with van der Waals surface area (Å²) in [6.07, 6.45) is 3.33. The minimum absolute atomic E-state index is 0.0739. The number of halogens is 2. The fourth-order valence-corrected chi connectivity index (χ4v) is 2.98. The van der Waals surface area contributed by atoms with Crippen LogP contribution < -0.4 is 5.32 Å². The van der Waals surface area contributed by atoms with E-state index in [-0.39, 0.29) is 11.9 Å². The van der Waals surface area contributed by atoms with Crippen LogP contribution in [0.5, 0.6) is 0 Å². The molecule has 0 aliphatic carbocycles. The van der Waals surface area contributed by atoms with Crippen molar-refractivity contribution in [3.63, 3.8) is 0 Å². The molecule has 0 aliphatic heterocycles. The van der Waals surface area contributed by atoms with Crippen LogP contribution in [-0.4, -0.2) is 21.3 Å². The van der Waals surface area contributed by atoms with Gasteiger partial charge in [0.2, 0.25) is 0 Å². The van der Waals surface area contributed by atoms with E-state index in [9.17, 15) is 4.39 Å². The molecule has 0 amide bonds. The Kier molecular flexibility index (Phi) is 5.87. The molecule has 21 heavy (non-hydrogen) atoms. The lowest BCUT2D eigenvalue weighted by Crippen LogP contribution is -2.25. The number of hydrogen-bond donors (Lipinski definition) is 1. The zero-order valence-electron chi connectivity index (χ0n) is 12.3. The van der Waals surface area contributed by atoms with Crippen LogP contribution in [0.3, 0.4) is 0 Å². The first kappa shape index (κ1) is 16.1. The van der Waals surface area contributed by atoms with Gasteiger partial charge in [0.1, 0.15) is 18.0 Å². The zero-order valence-corrected chi connectivity index (χ0v) is 13.9. The van der Waals surface area contributed by atoms with Gasteiger partial charge in [-0.3, -0.25) is 4.68 Å². The molecule has 0 radical (unpaired) electrons. The maximum atomic E-state index is 13.3. The lowest BCUT2D eigenvalue weighted by molar-refractivity contribution is 0.496. The summed E-state index contributed by atoms with van der Waals surface area (Å²) in [5.74, 6) is 0.703. The summed E-state index contributed by atoms with van der Waals surface area (Å²) in [6, 6.07) is 4.87. The highest BCUT2D eigenvalue weighted by molar-refractivity contribution is 9.10. The molecule has 2 rings (SSSR count). The molecule has 0 bridgehead atoms. The normalized spacial score (nSPS) is 12.6. The van der Waals surface area contributed by atoms with Gasteiger partial charge in [0.25, 0.3) is 0 Å². The number of rotatable bonds is 7. The van der Waals surface area contributed by atoms with Gasteiger partial charge in [0, 0.05) is 23.5 Å². The van der Waals surface area contributed by atoms with Crippen LogP contribution in [0.1, 0.15) is 37.7 Å². The van der Waals surface area contributed by atoms with Crippen LogP contribution in [0.2, 0.25) is 0 Å². The Balaban J connectivity index is 2.24.